The molecule has 0 radical (unpaired) electrons. The third kappa shape index (κ3) is 3.54. The number of carbonyl (C=O) groups is 1. The zero-order valence-corrected chi connectivity index (χ0v) is 16.3. The molecule has 152 valence electrons. The first-order valence-corrected chi connectivity index (χ1v) is 10.00. The molecule has 4 heterocycles. The molecule has 1 fully saturated rings. The zero-order valence-electron chi connectivity index (χ0n) is 16.3. The second-order valence-electron chi connectivity index (χ2n) is 7.46. The Balaban J connectivity index is 1.39. The lowest BCUT2D eigenvalue weighted by atomic mass is 9.89. The van der Waals surface area contributed by atoms with Crippen LogP contribution >= 0.6 is 0 Å². The van der Waals surface area contributed by atoms with Crippen molar-refractivity contribution in [2.45, 2.75) is 25.2 Å². The van der Waals surface area contributed by atoms with E-state index in [4.69, 9.17) is 4.74 Å². The van der Waals surface area contributed by atoms with Crippen molar-refractivity contribution in [2.75, 3.05) is 24.7 Å². The number of fused-ring (bicyclic) bond motifs is 1. The first-order valence-electron chi connectivity index (χ1n) is 10.00. The SMILES string of the molecule is O=C1CC(c2nccnc2C2=CCCOC2)CCN1c1cnc2ccc(F)cc2n1. The predicted octanol–water partition coefficient (Wildman–Crippen LogP) is 3.27. The lowest BCUT2D eigenvalue weighted by molar-refractivity contribution is -0.120. The van der Waals surface area contributed by atoms with Gasteiger partial charge in [-0.2, -0.15) is 0 Å². The maximum absolute atomic E-state index is 13.5. The Morgan fingerprint density at radius 3 is 2.87 bits per heavy atom. The van der Waals surface area contributed by atoms with Gasteiger partial charge in [0, 0.05) is 42.9 Å². The van der Waals surface area contributed by atoms with Crippen LogP contribution in [-0.4, -0.2) is 45.6 Å². The summed E-state index contributed by atoms with van der Waals surface area (Å²) in [6, 6.07) is 4.25. The number of amides is 1. The number of halogens is 1. The van der Waals surface area contributed by atoms with E-state index >= 15 is 0 Å². The van der Waals surface area contributed by atoms with E-state index in [9.17, 15) is 9.18 Å². The molecular weight excluding hydrogens is 385 g/mol. The van der Waals surface area contributed by atoms with E-state index in [1.54, 1.807) is 29.6 Å². The van der Waals surface area contributed by atoms with Gasteiger partial charge < -0.3 is 4.74 Å². The molecular formula is C22H20FN5O2. The smallest absolute Gasteiger partial charge is 0.228 e. The monoisotopic (exact) mass is 405 g/mol. The topological polar surface area (TPSA) is 81.1 Å². The van der Waals surface area contributed by atoms with Gasteiger partial charge in [0.25, 0.3) is 0 Å². The number of aromatic nitrogens is 4. The van der Waals surface area contributed by atoms with Gasteiger partial charge in [0.05, 0.1) is 41.8 Å². The maximum Gasteiger partial charge on any atom is 0.228 e. The van der Waals surface area contributed by atoms with Crippen LogP contribution in [0.1, 0.15) is 36.6 Å². The van der Waals surface area contributed by atoms with Gasteiger partial charge in [0.15, 0.2) is 5.82 Å². The van der Waals surface area contributed by atoms with Crippen molar-refractivity contribution in [3.8, 4) is 0 Å². The van der Waals surface area contributed by atoms with Gasteiger partial charge in [-0.15, -0.1) is 0 Å². The number of carbonyl (C=O) groups excluding carboxylic acids is 1. The quantitative estimate of drug-likeness (QED) is 0.665. The highest BCUT2D eigenvalue weighted by molar-refractivity contribution is 5.94. The lowest BCUT2D eigenvalue weighted by Gasteiger charge is -2.31. The van der Waals surface area contributed by atoms with Gasteiger partial charge in [-0.3, -0.25) is 24.6 Å². The fraction of sp³-hybridized carbons (Fsp3) is 0.318. The summed E-state index contributed by atoms with van der Waals surface area (Å²) in [6.07, 6.45) is 8.94. The van der Waals surface area contributed by atoms with E-state index < -0.39 is 0 Å². The molecule has 1 aromatic carbocycles. The van der Waals surface area contributed by atoms with Crippen molar-refractivity contribution >= 4 is 28.3 Å². The minimum absolute atomic E-state index is 0.0221. The molecule has 1 atom stereocenters. The van der Waals surface area contributed by atoms with Crippen LogP contribution in [0.5, 0.6) is 0 Å². The molecule has 3 aromatic rings. The van der Waals surface area contributed by atoms with E-state index in [0.29, 0.717) is 43.0 Å². The van der Waals surface area contributed by atoms with Crippen LogP contribution in [-0.2, 0) is 9.53 Å². The Labute approximate surface area is 172 Å². The Kier molecular flexibility index (Phi) is 4.92. The van der Waals surface area contributed by atoms with Crippen LogP contribution in [0.25, 0.3) is 16.6 Å². The lowest BCUT2D eigenvalue weighted by Crippen LogP contribution is -2.39. The molecule has 0 bridgehead atoms. The number of rotatable bonds is 3. The van der Waals surface area contributed by atoms with E-state index in [-0.39, 0.29) is 17.6 Å². The number of ether oxygens (including phenoxy) is 1. The van der Waals surface area contributed by atoms with Crippen molar-refractivity contribution in [1.29, 1.82) is 0 Å². The van der Waals surface area contributed by atoms with Crippen LogP contribution in [0, 0.1) is 5.82 Å². The molecule has 0 saturated carbocycles. The van der Waals surface area contributed by atoms with Crippen molar-refractivity contribution in [3.63, 3.8) is 0 Å². The minimum atomic E-state index is -0.379. The molecule has 2 aliphatic rings. The van der Waals surface area contributed by atoms with Gasteiger partial charge in [-0.1, -0.05) is 6.08 Å². The van der Waals surface area contributed by atoms with Crippen LogP contribution in [0.2, 0.25) is 0 Å². The summed E-state index contributed by atoms with van der Waals surface area (Å²) in [4.78, 5) is 32.4. The molecule has 1 unspecified atom stereocenters. The highest BCUT2D eigenvalue weighted by atomic mass is 19.1. The standard InChI is InChI=1S/C22H20FN5O2/c23-16-3-4-17-18(11-16)27-19(12-26-17)28-8-5-14(10-20(28)29)21-22(25-7-6-24-21)15-2-1-9-30-13-15/h2-4,6-7,11-12,14H,1,5,8-10,13H2. The summed E-state index contributed by atoms with van der Waals surface area (Å²) in [5, 5.41) is 0. The molecule has 0 N–H and O–H groups in total. The molecule has 8 heteroatoms. The summed E-state index contributed by atoms with van der Waals surface area (Å²) in [5.74, 6) is -0.0117. The van der Waals surface area contributed by atoms with Gasteiger partial charge in [-0.25, -0.2) is 9.37 Å². The fourth-order valence-electron chi connectivity index (χ4n) is 4.03. The number of anilines is 1. The molecule has 0 spiro atoms. The van der Waals surface area contributed by atoms with Gasteiger partial charge >= 0.3 is 0 Å². The van der Waals surface area contributed by atoms with E-state index in [2.05, 4.69) is 26.0 Å². The summed E-state index contributed by atoms with van der Waals surface area (Å²) in [7, 11) is 0. The molecule has 2 aliphatic heterocycles. The number of hydrogen-bond acceptors (Lipinski definition) is 6. The summed E-state index contributed by atoms with van der Waals surface area (Å²) < 4.78 is 19.1. The molecule has 0 aliphatic carbocycles. The van der Waals surface area contributed by atoms with Crippen LogP contribution < -0.4 is 4.90 Å². The first-order chi connectivity index (χ1) is 14.7. The van der Waals surface area contributed by atoms with Gasteiger partial charge in [0.1, 0.15) is 5.82 Å². The fourth-order valence-corrected chi connectivity index (χ4v) is 4.03. The zero-order chi connectivity index (χ0) is 20.5. The van der Waals surface area contributed by atoms with Crippen LogP contribution in [0.3, 0.4) is 0 Å². The molecule has 7 nitrogen and oxygen atoms in total. The van der Waals surface area contributed by atoms with Crippen molar-refractivity contribution in [2.24, 2.45) is 0 Å². The predicted molar refractivity (Wildman–Crippen MR) is 109 cm³/mol. The second kappa shape index (κ2) is 7.87. The molecule has 30 heavy (non-hydrogen) atoms. The largest absolute Gasteiger partial charge is 0.376 e. The second-order valence-corrected chi connectivity index (χ2v) is 7.46. The first kappa shape index (κ1) is 18.7. The number of piperidine rings is 1. The van der Waals surface area contributed by atoms with Crippen molar-refractivity contribution < 1.29 is 13.9 Å². The third-order valence-corrected chi connectivity index (χ3v) is 5.52. The van der Waals surface area contributed by atoms with Gasteiger partial charge in [-0.05, 0) is 25.0 Å². The van der Waals surface area contributed by atoms with Crippen LogP contribution in [0.4, 0.5) is 10.2 Å². The highest BCUT2D eigenvalue weighted by Crippen LogP contribution is 2.33. The highest BCUT2D eigenvalue weighted by Gasteiger charge is 2.31. The summed E-state index contributed by atoms with van der Waals surface area (Å²) >= 11 is 0. The maximum atomic E-state index is 13.5. The number of benzene rings is 1. The van der Waals surface area contributed by atoms with E-state index in [1.165, 1.54) is 12.1 Å². The Morgan fingerprint density at radius 1 is 1.13 bits per heavy atom. The van der Waals surface area contributed by atoms with Gasteiger partial charge in [0.2, 0.25) is 5.91 Å². The molecule has 1 amide bonds. The Bertz CT molecular complexity index is 1150. The molecule has 1 saturated heterocycles. The summed E-state index contributed by atoms with van der Waals surface area (Å²) in [5.41, 5.74) is 3.72. The summed E-state index contributed by atoms with van der Waals surface area (Å²) in [6.45, 7) is 1.72. The average molecular weight is 405 g/mol. The Hall–Kier alpha value is -3.26. The Morgan fingerprint density at radius 2 is 2.03 bits per heavy atom. The van der Waals surface area contributed by atoms with Crippen molar-refractivity contribution in [1.82, 2.24) is 19.9 Å². The molecule has 5 rings (SSSR count). The minimum Gasteiger partial charge on any atom is -0.376 e. The van der Waals surface area contributed by atoms with E-state index in [0.717, 1.165) is 29.8 Å². The number of hydrogen-bond donors (Lipinski definition) is 0. The third-order valence-electron chi connectivity index (χ3n) is 5.52. The molecule has 2 aromatic heterocycles. The number of nitrogens with zero attached hydrogens (tertiary/aromatic N) is 5. The van der Waals surface area contributed by atoms with Crippen LogP contribution in [0.15, 0.2) is 42.9 Å². The normalized spacial score (nSPS) is 19.8. The average Bonchev–Trinajstić information content (AvgIpc) is 2.79. The van der Waals surface area contributed by atoms with Crippen molar-refractivity contribution in [3.05, 3.63) is 60.1 Å². The van der Waals surface area contributed by atoms with E-state index in [1.807, 2.05) is 0 Å².